The first-order valence-corrected chi connectivity index (χ1v) is 15.8. The highest BCUT2D eigenvalue weighted by atomic mass is 16.5. The lowest BCUT2D eigenvalue weighted by Gasteiger charge is -2.30. The molecule has 0 saturated carbocycles. The molecule has 3 aliphatic rings. The molecule has 43 heavy (non-hydrogen) atoms. The fraction of sp³-hybridized carbons (Fsp3) is 0.474. The van der Waals surface area contributed by atoms with E-state index in [0.29, 0.717) is 28.7 Å². The molecule has 2 aromatic rings. The minimum Gasteiger partial charge on any atom is -0.497 e. The molecule has 0 aromatic heterocycles. The van der Waals surface area contributed by atoms with Gasteiger partial charge in [0.05, 0.1) is 30.8 Å². The molecular weight excluding hydrogens is 532 g/mol. The van der Waals surface area contributed by atoms with E-state index in [-0.39, 0.29) is 16.6 Å². The van der Waals surface area contributed by atoms with E-state index in [1.54, 1.807) is 14.2 Å². The second kappa shape index (κ2) is 11.5. The van der Waals surface area contributed by atoms with Crippen LogP contribution in [0.25, 0.3) is 0 Å². The summed E-state index contributed by atoms with van der Waals surface area (Å²) < 4.78 is 14.0. The molecule has 5 heteroatoms. The molecule has 2 aliphatic heterocycles. The van der Waals surface area contributed by atoms with Crippen molar-refractivity contribution in [3.63, 3.8) is 0 Å². The number of anilines is 1. The Morgan fingerprint density at radius 2 is 1.56 bits per heavy atom. The predicted molar refractivity (Wildman–Crippen MR) is 177 cm³/mol. The molecule has 0 radical (unpaired) electrons. The largest absolute Gasteiger partial charge is 0.497 e. The molecule has 5 nitrogen and oxygen atoms in total. The van der Waals surface area contributed by atoms with Crippen LogP contribution in [0.5, 0.6) is 5.75 Å². The maximum absolute atomic E-state index is 14.0. The van der Waals surface area contributed by atoms with Gasteiger partial charge in [-0.1, -0.05) is 59.7 Å². The Kier molecular flexibility index (Phi) is 8.24. The van der Waals surface area contributed by atoms with Crippen molar-refractivity contribution in [3.05, 3.63) is 88.3 Å². The third-order valence-corrected chi connectivity index (χ3v) is 9.50. The summed E-state index contributed by atoms with van der Waals surface area (Å²) in [5, 5.41) is 0. The van der Waals surface area contributed by atoms with Gasteiger partial charge in [-0.25, -0.2) is 0 Å². The number of ketones is 1. The van der Waals surface area contributed by atoms with Crippen LogP contribution in [0.1, 0.15) is 79.4 Å². The number of hydrogen-bond acceptors (Lipinski definition) is 4. The molecule has 0 saturated heterocycles. The monoisotopic (exact) mass is 581 g/mol. The van der Waals surface area contributed by atoms with Crippen molar-refractivity contribution in [2.75, 3.05) is 32.2 Å². The number of ether oxygens (including phenoxy) is 2. The molecule has 228 valence electrons. The lowest BCUT2D eigenvalue weighted by Crippen LogP contribution is -2.33. The van der Waals surface area contributed by atoms with Crippen LogP contribution >= 0.6 is 0 Å². The van der Waals surface area contributed by atoms with E-state index in [2.05, 4.69) is 113 Å². The molecule has 0 amide bonds. The lowest BCUT2D eigenvalue weighted by atomic mass is 9.77. The van der Waals surface area contributed by atoms with Crippen molar-refractivity contribution in [1.29, 1.82) is 0 Å². The molecule has 2 heterocycles. The zero-order valence-electron chi connectivity index (χ0n) is 27.8. The van der Waals surface area contributed by atoms with Crippen molar-refractivity contribution in [2.24, 2.45) is 11.8 Å². The maximum Gasteiger partial charge on any atom is 0.209 e. The van der Waals surface area contributed by atoms with Gasteiger partial charge in [0.1, 0.15) is 18.1 Å². The molecule has 2 aromatic carbocycles. The fourth-order valence-corrected chi connectivity index (χ4v) is 6.79. The fourth-order valence-electron chi connectivity index (χ4n) is 6.79. The van der Waals surface area contributed by atoms with Crippen LogP contribution in [0.4, 0.5) is 11.4 Å². The van der Waals surface area contributed by atoms with Gasteiger partial charge < -0.3 is 14.4 Å². The SMILES string of the molecule is COC1=C(/C=C2\N(CCC(C)C)c3ccc(OC)cc3C2(C)C)C(=O)/C1=C/C1=[N+](CCC(C)C)c2ccccc2C1(C)C. The number of benzene rings is 2. The number of nitrogens with zero attached hydrogens (tertiary/aromatic N) is 2. The standard InChI is InChI=1S/C38H49N2O3/c1-24(2)17-19-39-31-14-12-11-13-29(31)37(5,6)33(39)22-27-35(41)28(36(27)43-10)23-34-38(7,8)30-21-26(42-9)15-16-32(30)40(34)20-18-25(3)4/h11-16,21-25H,17-20H2,1-10H3/q+1. The van der Waals surface area contributed by atoms with E-state index in [0.717, 1.165) is 43.1 Å². The number of methoxy groups -OCH3 is 2. The van der Waals surface area contributed by atoms with Crippen LogP contribution in [0.2, 0.25) is 0 Å². The molecular formula is C38H49N2O3+. The van der Waals surface area contributed by atoms with Gasteiger partial charge in [0.25, 0.3) is 0 Å². The van der Waals surface area contributed by atoms with Gasteiger partial charge in [-0.2, -0.15) is 4.58 Å². The van der Waals surface area contributed by atoms with Crippen LogP contribution in [0.3, 0.4) is 0 Å². The lowest BCUT2D eigenvalue weighted by molar-refractivity contribution is -0.439. The van der Waals surface area contributed by atoms with Crippen molar-refractivity contribution in [3.8, 4) is 5.75 Å². The molecule has 0 atom stereocenters. The molecule has 0 bridgehead atoms. The Morgan fingerprint density at radius 3 is 2.21 bits per heavy atom. The molecule has 0 N–H and O–H groups in total. The zero-order chi connectivity index (χ0) is 31.3. The Balaban J connectivity index is 1.61. The second-order valence-electron chi connectivity index (χ2n) is 14.1. The first-order chi connectivity index (χ1) is 20.3. The van der Waals surface area contributed by atoms with E-state index in [1.165, 1.54) is 22.5 Å². The van der Waals surface area contributed by atoms with Crippen LogP contribution in [0.15, 0.2) is 77.2 Å². The first kappa shape index (κ1) is 30.8. The van der Waals surface area contributed by atoms with E-state index < -0.39 is 0 Å². The van der Waals surface area contributed by atoms with Crippen molar-refractivity contribution >= 4 is 22.9 Å². The summed E-state index contributed by atoms with van der Waals surface area (Å²) in [6, 6.07) is 15.0. The van der Waals surface area contributed by atoms with Gasteiger partial charge >= 0.3 is 0 Å². The topological polar surface area (TPSA) is 41.8 Å². The van der Waals surface area contributed by atoms with Gasteiger partial charge in [0.15, 0.2) is 5.71 Å². The zero-order valence-corrected chi connectivity index (χ0v) is 27.8. The smallest absolute Gasteiger partial charge is 0.209 e. The molecule has 0 fully saturated rings. The highest BCUT2D eigenvalue weighted by molar-refractivity contribution is 6.24. The number of allylic oxidation sites excluding steroid dienone is 5. The third-order valence-electron chi connectivity index (χ3n) is 9.50. The minimum absolute atomic E-state index is 0.0422. The average Bonchev–Trinajstić information content (AvgIpc) is 3.31. The van der Waals surface area contributed by atoms with Gasteiger partial charge in [-0.3, -0.25) is 4.79 Å². The van der Waals surface area contributed by atoms with Crippen molar-refractivity contribution in [1.82, 2.24) is 0 Å². The van der Waals surface area contributed by atoms with Gasteiger partial charge in [0.2, 0.25) is 11.5 Å². The Morgan fingerprint density at radius 1 is 0.860 bits per heavy atom. The molecule has 1 aliphatic carbocycles. The minimum atomic E-state index is -0.302. The summed E-state index contributed by atoms with van der Waals surface area (Å²) in [7, 11) is 3.39. The third kappa shape index (κ3) is 5.25. The van der Waals surface area contributed by atoms with E-state index in [4.69, 9.17) is 9.47 Å². The van der Waals surface area contributed by atoms with E-state index >= 15 is 0 Å². The maximum atomic E-state index is 14.0. The van der Waals surface area contributed by atoms with Gasteiger partial charge in [-0.15, -0.1) is 0 Å². The summed E-state index contributed by atoms with van der Waals surface area (Å²) in [6.45, 7) is 19.8. The first-order valence-electron chi connectivity index (χ1n) is 15.8. The van der Waals surface area contributed by atoms with Crippen molar-refractivity contribution in [2.45, 2.75) is 79.1 Å². The van der Waals surface area contributed by atoms with Crippen LogP contribution in [-0.2, 0) is 20.4 Å². The molecule has 0 unspecified atom stereocenters. The summed E-state index contributed by atoms with van der Waals surface area (Å²) in [6.07, 6.45) is 6.30. The Labute approximate surface area is 258 Å². The Bertz CT molecular complexity index is 1570. The second-order valence-corrected chi connectivity index (χ2v) is 14.1. The van der Waals surface area contributed by atoms with Crippen molar-refractivity contribution < 1.29 is 18.8 Å². The number of carbonyl (C=O) groups is 1. The number of Topliss-reactive ketones (excluding diaryl/α,β-unsaturated/α-hetero) is 1. The van der Waals surface area contributed by atoms with E-state index in [9.17, 15) is 4.79 Å². The number of carbonyl (C=O) groups excluding carboxylic acids is 1. The normalized spacial score (nSPS) is 20.5. The van der Waals surface area contributed by atoms with Gasteiger partial charge in [-0.05, 0) is 61.9 Å². The number of rotatable bonds is 10. The number of hydrogen-bond donors (Lipinski definition) is 0. The summed E-state index contributed by atoms with van der Waals surface area (Å²) >= 11 is 0. The predicted octanol–water partition coefficient (Wildman–Crippen LogP) is 8.25. The quantitative estimate of drug-likeness (QED) is 0.209. The highest BCUT2D eigenvalue weighted by Crippen LogP contribution is 2.50. The van der Waals surface area contributed by atoms with Crippen LogP contribution < -0.4 is 9.64 Å². The van der Waals surface area contributed by atoms with Gasteiger partial charge in [0, 0.05) is 47.5 Å². The Hall–Kier alpha value is -3.60. The average molecular weight is 582 g/mol. The number of para-hydroxylation sites is 1. The summed E-state index contributed by atoms with van der Waals surface area (Å²) in [4.78, 5) is 16.4. The molecule has 0 spiro atoms. The number of fused-ring (bicyclic) bond motifs is 2. The molecule has 5 rings (SSSR count). The summed E-state index contributed by atoms with van der Waals surface area (Å²) in [5.74, 6) is 2.71. The van der Waals surface area contributed by atoms with Crippen LogP contribution in [0, 0.1) is 11.8 Å². The van der Waals surface area contributed by atoms with Crippen LogP contribution in [-0.4, -0.2) is 43.4 Å². The highest BCUT2D eigenvalue weighted by Gasteiger charge is 2.47. The van der Waals surface area contributed by atoms with E-state index in [1.807, 2.05) is 6.07 Å². The summed E-state index contributed by atoms with van der Waals surface area (Å²) in [5.41, 5.74) is 7.97.